The zero-order valence-corrected chi connectivity index (χ0v) is 34.9. The van der Waals surface area contributed by atoms with Crippen LogP contribution in [0.4, 0.5) is 11.6 Å². The van der Waals surface area contributed by atoms with E-state index in [1.807, 2.05) is 24.6 Å². The summed E-state index contributed by atoms with van der Waals surface area (Å²) in [5, 5.41) is 38.4. The smallest absolute Gasteiger partial charge is 0.341 e. The van der Waals surface area contributed by atoms with Gasteiger partial charge in [0.05, 0.1) is 26.3 Å². The molecule has 4 aromatic heterocycles. The lowest BCUT2D eigenvalue weighted by molar-refractivity contribution is 0.0696. The van der Waals surface area contributed by atoms with E-state index in [0.717, 1.165) is 11.1 Å². The normalized spacial score (nSPS) is 10.4. The molecule has 0 atom stereocenters. The number of aromatic carboxylic acids is 1. The maximum Gasteiger partial charge on any atom is 0.341 e. The molecule has 0 aliphatic carbocycles. The number of anilines is 2. The molecule has 8 N–H and O–H groups in total. The molecule has 4 heterocycles. The Labute approximate surface area is 358 Å². The van der Waals surface area contributed by atoms with Crippen molar-refractivity contribution >= 4 is 70.2 Å². The maximum atomic E-state index is 12.6. The molecule has 0 fully saturated rings. The number of hydrogen-bond acceptors (Lipinski definition) is 17. The Balaban J connectivity index is 0.000000225. The number of carbonyl (C=O) groups is 2. The van der Waals surface area contributed by atoms with Crippen molar-refractivity contribution in [3.8, 4) is 0 Å². The molecule has 1 amide bonds. The highest BCUT2D eigenvalue weighted by atomic mass is 35.5. The molecule has 0 spiro atoms. The fourth-order valence-electron chi connectivity index (χ4n) is 4.66. The summed E-state index contributed by atoms with van der Waals surface area (Å²) in [6.07, 6.45) is 13.0. The van der Waals surface area contributed by atoms with Crippen LogP contribution in [0.3, 0.4) is 0 Å². The number of nitrogens with two attached hydrogens (primary N) is 1. The van der Waals surface area contributed by atoms with E-state index in [9.17, 15) is 14.7 Å². The Hall–Kier alpha value is -5.54. The number of carbonyl (C=O) groups excluding carboxylic acids is 1. The monoisotopic (exact) mass is 878 g/mol. The number of benzene rings is 2. The number of amides is 1. The standard InChI is InChI=1S/C19H19ClN6O2S.C14H14ClN3O3S.C5H7N3/c1-29-19-25-9-14(18(28)24-10-16-21-5-2-6-22-16)17(26-19)23-8-12-3-4-13(11-27)15(20)7-12;1-22-14-17-6-10(13(20)21)12(18-14)16-5-8-2-3-9(7-19)11(15)4-8;6-4-5-7-2-1-3-8-5/h2-7,9,27H,8,10-11H2,1H3,(H,24,28)(H,23,25,26);2-4,6,19H,5,7H2,1H3,(H,20,21)(H,16,17,18);1-3H,4,6H2. The van der Waals surface area contributed by atoms with Gasteiger partial charge in [-0.05, 0) is 59.0 Å². The van der Waals surface area contributed by atoms with E-state index < -0.39 is 5.97 Å². The lowest BCUT2D eigenvalue weighted by atomic mass is 10.1. The summed E-state index contributed by atoms with van der Waals surface area (Å²) in [6, 6.07) is 14.1. The lowest BCUT2D eigenvalue weighted by Crippen LogP contribution is -2.25. The molecule has 0 bridgehead atoms. The SMILES string of the molecule is CSc1ncc(C(=O)NCc2ncccn2)c(NCc2ccc(CO)c(Cl)c2)n1.CSc1ncc(C(=O)O)c(NCc2ccc(CO)c(Cl)c2)n1.NCc1ncccn1. The Morgan fingerprint density at radius 2 is 1.14 bits per heavy atom. The van der Waals surface area contributed by atoms with Crippen LogP contribution in [-0.4, -0.2) is 79.6 Å². The van der Waals surface area contributed by atoms with Gasteiger partial charge in [0.25, 0.3) is 5.91 Å². The number of hydrogen-bond donors (Lipinski definition) is 7. The minimum Gasteiger partial charge on any atom is -0.477 e. The van der Waals surface area contributed by atoms with Crippen molar-refractivity contribution in [3.63, 3.8) is 0 Å². The van der Waals surface area contributed by atoms with Crippen LogP contribution in [0.2, 0.25) is 10.0 Å². The average Bonchev–Trinajstić information content (AvgIpc) is 3.27. The van der Waals surface area contributed by atoms with E-state index in [0.29, 0.717) is 74.1 Å². The zero-order chi connectivity index (χ0) is 42.6. The van der Waals surface area contributed by atoms with Gasteiger partial charge >= 0.3 is 5.97 Å². The largest absolute Gasteiger partial charge is 0.477 e. The molecule has 0 radical (unpaired) electrons. The number of nitrogens with one attached hydrogen (secondary N) is 3. The summed E-state index contributed by atoms with van der Waals surface area (Å²) in [5.41, 5.74) is 8.59. The third kappa shape index (κ3) is 14.7. The van der Waals surface area contributed by atoms with Gasteiger partial charge in [0.2, 0.25) is 0 Å². The summed E-state index contributed by atoms with van der Waals surface area (Å²) in [4.78, 5) is 56.5. The van der Waals surface area contributed by atoms with Gasteiger partial charge in [0.15, 0.2) is 10.3 Å². The topological polar surface area (TPSA) is 260 Å². The lowest BCUT2D eigenvalue weighted by Gasteiger charge is -2.12. The minimum atomic E-state index is -1.09. The summed E-state index contributed by atoms with van der Waals surface area (Å²) >= 11 is 14.9. The molecule has 0 aliphatic heterocycles. The van der Waals surface area contributed by atoms with Crippen molar-refractivity contribution in [2.75, 3.05) is 23.1 Å². The molecule has 6 aromatic rings. The second-order valence-corrected chi connectivity index (χ2v) is 14.0. The van der Waals surface area contributed by atoms with Crippen LogP contribution < -0.4 is 21.7 Å². The van der Waals surface area contributed by atoms with Crippen LogP contribution in [0.5, 0.6) is 0 Å². The van der Waals surface area contributed by atoms with Crippen molar-refractivity contribution in [1.82, 2.24) is 45.2 Å². The van der Waals surface area contributed by atoms with Gasteiger partial charge in [-0.15, -0.1) is 0 Å². The van der Waals surface area contributed by atoms with Crippen LogP contribution in [-0.2, 0) is 39.4 Å². The number of thioether (sulfide) groups is 2. The fourth-order valence-corrected chi connectivity index (χ4v) is 5.87. The number of carboxylic acid groups (broad SMARTS) is 1. The molecule has 2 aromatic carbocycles. The molecular formula is C38H40Cl2N12O5S2. The summed E-state index contributed by atoms with van der Waals surface area (Å²) in [7, 11) is 0. The van der Waals surface area contributed by atoms with E-state index in [4.69, 9.17) is 39.1 Å². The van der Waals surface area contributed by atoms with Gasteiger partial charge in [0, 0.05) is 60.3 Å². The van der Waals surface area contributed by atoms with Crippen molar-refractivity contribution in [1.29, 1.82) is 0 Å². The van der Waals surface area contributed by atoms with Crippen LogP contribution in [0.25, 0.3) is 0 Å². The summed E-state index contributed by atoms with van der Waals surface area (Å²) < 4.78 is 0. The first-order valence-electron chi connectivity index (χ1n) is 17.4. The molecule has 0 saturated carbocycles. The molecular weight excluding hydrogens is 840 g/mol. The predicted octanol–water partition coefficient (Wildman–Crippen LogP) is 5.27. The molecule has 21 heteroatoms. The predicted molar refractivity (Wildman–Crippen MR) is 227 cm³/mol. The maximum absolute atomic E-state index is 12.6. The third-order valence-electron chi connectivity index (χ3n) is 7.70. The minimum absolute atomic E-state index is 0.0101. The van der Waals surface area contributed by atoms with E-state index in [1.165, 1.54) is 35.9 Å². The zero-order valence-electron chi connectivity index (χ0n) is 31.7. The molecule has 0 unspecified atom stereocenters. The summed E-state index contributed by atoms with van der Waals surface area (Å²) in [6.45, 7) is 1.13. The number of aromatic nitrogens is 8. The average molecular weight is 880 g/mol. The Morgan fingerprint density at radius 3 is 1.54 bits per heavy atom. The van der Waals surface area contributed by atoms with Crippen LogP contribution >= 0.6 is 46.7 Å². The number of nitrogens with zero attached hydrogens (tertiary/aromatic N) is 8. The molecule has 0 saturated heterocycles. The quantitative estimate of drug-likeness (QED) is 0.0512. The van der Waals surface area contributed by atoms with E-state index in [-0.39, 0.29) is 37.0 Å². The van der Waals surface area contributed by atoms with E-state index in [1.54, 1.807) is 61.2 Å². The van der Waals surface area contributed by atoms with Gasteiger partial charge in [-0.3, -0.25) is 4.79 Å². The number of halogens is 2. The van der Waals surface area contributed by atoms with E-state index >= 15 is 0 Å². The highest BCUT2D eigenvalue weighted by Crippen LogP contribution is 2.22. The molecule has 6 rings (SSSR count). The van der Waals surface area contributed by atoms with Crippen LogP contribution in [0.1, 0.15) is 54.6 Å². The first kappa shape index (κ1) is 46.2. The Bertz CT molecular complexity index is 2290. The van der Waals surface area contributed by atoms with Crippen LogP contribution in [0.15, 0.2) is 96.0 Å². The highest BCUT2D eigenvalue weighted by molar-refractivity contribution is 7.98. The van der Waals surface area contributed by atoms with Gasteiger partial charge in [-0.1, -0.05) is 71.0 Å². The number of carboxylic acids is 1. The van der Waals surface area contributed by atoms with Gasteiger partial charge in [-0.25, -0.2) is 44.7 Å². The molecule has 0 aliphatic rings. The molecule has 17 nitrogen and oxygen atoms in total. The van der Waals surface area contributed by atoms with Crippen molar-refractivity contribution < 1.29 is 24.9 Å². The third-order valence-corrected chi connectivity index (χ3v) is 9.52. The molecule has 59 heavy (non-hydrogen) atoms. The van der Waals surface area contributed by atoms with Gasteiger partial charge in [-0.2, -0.15) is 0 Å². The summed E-state index contributed by atoms with van der Waals surface area (Å²) in [5.74, 6) is 0.445. The first-order chi connectivity index (χ1) is 28.6. The Morgan fingerprint density at radius 1 is 0.678 bits per heavy atom. The van der Waals surface area contributed by atoms with Crippen LogP contribution in [0, 0.1) is 0 Å². The first-order valence-corrected chi connectivity index (χ1v) is 20.6. The second-order valence-electron chi connectivity index (χ2n) is 11.6. The fraction of sp³-hybridized carbons (Fsp3) is 0.211. The van der Waals surface area contributed by atoms with Crippen molar-refractivity contribution in [2.24, 2.45) is 5.73 Å². The Kier molecular flexibility index (Phi) is 19.1. The van der Waals surface area contributed by atoms with Gasteiger partial charge < -0.3 is 37.0 Å². The van der Waals surface area contributed by atoms with E-state index in [2.05, 4.69) is 55.8 Å². The number of aliphatic hydroxyl groups is 2. The molecule has 308 valence electrons. The number of rotatable bonds is 15. The van der Waals surface area contributed by atoms with Crippen molar-refractivity contribution in [2.45, 2.75) is 49.7 Å². The number of aliphatic hydroxyl groups excluding tert-OH is 2. The van der Waals surface area contributed by atoms with Gasteiger partial charge in [0.1, 0.15) is 34.4 Å². The highest BCUT2D eigenvalue weighted by Gasteiger charge is 2.16. The second kappa shape index (κ2) is 24.4. The van der Waals surface area contributed by atoms with Crippen molar-refractivity contribution in [3.05, 3.63) is 141 Å².